The smallest absolute Gasteiger partial charge is 0.337 e. The van der Waals surface area contributed by atoms with Gasteiger partial charge in [0, 0.05) is 0 Å². The fraction of sp³-hybridized carbons (Fsp3) is 0.533. The number of carbonyl (C=O) groups excluding carboxylic acids is 2. The summed E-state index contributed by atoms with van der Waals surface area (Å²) >= 11 is 2.14. The van der Waals surface area contributed by atoms with E-state index in [4.69, 9.17) is 4.74 Å². The zero-order valence-corrected chi connectivity index (χ0v) is 13.5. The van der Waals surface area contributed by atoms with Gasteiger partial charge in [0.25, 0.3) is 0 Å². The van der Waals surface area contributed by atoms with Crippen LogP contribution in [-0.2, 0) is 9.53 Å². The van der Waals surface area contributed by atoms with Crippen LogP contribution in [0.4, 0.5) is 0 Å². The molecule has 0 N–H and O–H groups in total. The number of rotatable bonds is 4. The minimum Gasteiger partial charge on any atom is -0.467 e. The van der Waals surface area contributed by atoms with E-state index in [1.807, 2.05) is 0 Å². The molecule has 1 aromatic rings. The third kappa shape index (κ3) is 3.30. The first-order valence-corrected chi connectivity index (χ1v) is 8.60. The number of thiophene rings is 1. The number of nitrogens with zero attached hydrogens (tertiary/aromatic N) is 1. The van der Waals surface area contributed by atoms with Crippen LogP contribution in [0.25, 0.3) is 0 Å². The maximum atomic E-state index is 12.4. The Labute approximate surface area is 132 Å². The summed E-state index contributed by atoms with van der Waals surface area (Å²) in [4.78, 5) is 25.2. The number of esters is 1. The largest absolute Gasteiger partial charge is 0.467 e. The van der Waals surface area contributed by atoms with Crippen molar-refractivity contribution in [2.24, 2.45) is 5.92 Å². The zero-order valence-electron chi connectivity index (χ0n) is 11.8. The summed E-state index contributed by atoms with van der Waals surface area (Å²) in [5, 5.41) is 11.2. The molecule has 1 fully saturated rings. The maximum Gasteiger partial charge on any atom is 0.337 e. The summed E-state index contributed by atoms with van der Waals surface area (Å²) in [5.74, 6) is -0.732. The van der Waals surface area contributed by atoms with Gasteiger partial charge in [-0.05, 0) is 42.0 Å². The summed E-state index contributed by atoms with van der Waals surface area (Å²) in [7, 11) is 1.27. The minimum absolute atomic E-state index is 0.127. The van der Waals surface area contributed by atoms with Crippen molar-refractivity contribution in [2.45, 2.75) is 36.9 Å². The van der Waals surface area contributed by atoms with Crippen LogP contribution < -0.4 is 0 Å². The van der Waals surface area contributed by atoms with Crippen LogP contribution >= 0.6 is 23.1 Å². The number of thioether (sulfide) groups is 1. The average molecular weight is 323 g/mol. The molecule has 6 heteroatoms. The number of hydrogen-bond donors (Lipinski definition) is 0. The van der Waals surface area contributed by atoms with Gasteiger partial charge in [0.05, 0.1) is 18.1 Å². The molecule has 0 amide bonds. The zero-order chi connectivity index (χ0) is 15.3. The molecule has 0 spiro atoms. The van der Waals surface area contributed by atoms with E-state index in [0.29, 0.717) is 4.88 Å². The van der Waals surface area contributed by atoms with Crippen molar-refractivity contribution in [1.29, 1.82) is 5.26 Å². The van der Waals surface area contributed by atoms with Crippen molar-refractivity contribution >= 4 is 34.2 Å². The second-order valence-electron chi connectivity index (χ2n) is 5.04. The standard InChI is InChI=1S/C15H17NO3S2/c1-19-14(18)15(10-16,11-6-3-2-4-7-11)21-13(17)12-8-5-9-20-12/h5,8-9,11H,2-4,6-7H2,1H3/t15-/m0/s1. The van der Waals surface area contributed by atoms with Crippen molar-refractivity contribution in [3.8, 4) is 6.07 Å². The molecule has 0 radical (unpaired) electrons. The molecule has 0 aliphatic heterocycles. The number of nitriles is 1. The molecule has 0 aromatic carbocycles. The fourth-order valence-electron chi connectivity index (χ4n) is 2.70. The number of carbonyl (C=O) groups is 2. The molecule has 112 valence electrons. The van der Waals surface area contributed by atoms with Crippen molar-refractivity contribution in [2.75, 3.05) is 7.11 Å². The van der Waals surface area contributed by atoms with Crippen LogP contribution in [0.5, 0.6) is 0 Å². The van der Waals surface area contributed by atoms with Gasteiger partial charge >= 0.3 is 5.97 Å². The lowest BCUT2D eigenvalue weighted by Crippen LogP contribution is -2.44. The van der Waals surface area contributed by atoms with E-state index in [1.54, 1.807) is 17.5 Å². The van der Waals surface area contributed by atoms with Gasteiger partial charge in [0.2, 0.25) is 9.86 Å². The predicted molar refractivity (Wildman–Crippen MR) is 83.2 cm³/mol. The Morgan fingerprint density at radius 3 is 2.67 bits per heavy atom. The topological polar surface area (TPSA) is 67.2 Å². The molecule has 1 aliphatic rings. The van der Waals surface area contributed by atoms with Gasteiger partial charge in [-0.25, -0.2) is 4.79 Å². The van der Waals surface area contributed by atoms with Gasteiger partial charge in [0.15, 0.2) is 0 Å². The third-order valence-electron chi connectivity index (χ3n) is 3.81. The van der Waals surface area contributed by atoms with Crippen LogP contribution in [0.15, 0.2) is 17.5 Å². The Hall–Kier alpha value is -1.32. The van der Waals surface area contributed by atoms with Gasteiger partial charge in [-0.15, -0.1) is 11.3 Å². The first-order valence-electron chi connectivity index (χ1n) is 6.90. The Morgan fingerprint density at radius 2 is 2.14 bits per heavy atom. The summed E-state index contributed by atoms with van der Waals surface area (Å²) in [6, 6.07) is 5.59. The summed E-state index contributed by atoms with van der Waals surface area (Å²) < 4.78 is 3.43. The van der Waals surface area contributed by atoms with E-state index >= 15 is 0 Å². The molecule has 4 nitrogen and oxygen atoms in total. The van der Waals surface area contributed by atoms with Crippen molar-refractivity contribution in [1.82, 2.24) is 0 Å². The van der Waals surface area contributed by atoms with Crippen LogP contribution in [0.2, 0.25) is 0 Å². The Bertz CT molecular complexity index is 544. The van der Waals surface area contributed by atoms with Crippen LogP contribution in [0, 0.1) is 17.2 Å². The third-order valence-corrected chi connectivity index (χ3v) is 6.13. The van der Waals surface area contributed by atoms with Gasteiger partial charge < -0.3 is 4.74 Å². The first-order chi connectivity index (χ1) is 10.1. The number of methoxy groups -OCH3 is 1. The van der Waals surface area contributed by atoms with Gasteiger partial charge in [-0.3, -0.25) is 4.79 Å². The van der Waals surface area contributed by atoms with Crippen LogP contribution in [-0.4, -0.2) is 22.9 Å². The molecule has 21 heavy (non-hydrogen) atoms. The summed E-state index contributed by atoms with van der Waals surface area (Å²) in [6.45, 7) is 0. The number of hydrogen-bond acceptors (Lipinski definition) is 6. The van der Waals surface area contributed by atoms with E-state index in [0.717, 1.165) is 43.9 Å². The fourth-order valence-corrected chi connectivity index (χ4v) is 4.61. The van der Waals surface area contributed by atoms with Crippen LogP contribution in [0.3, 0.4) is 0 Å². The Balaban J connectivity index is 2.28. The Morgan fingerprint density at radius 1 is 1.43 bits per heavy atom. The molecule has 0 unspecified atom stereocenters. The summed E-state index contributed by atoms with van der Waals surface area (Å²) in [5.41, 5.74) is 0. The molecular weight excluding hydrogens is 306 g/mol. The molecule has 0 saturated heterocycles. The second kappa shape index (κ2) is 7.10. The van der Waals surface area contributed by atoms with E-state index in [9.17, 15) is 14.9 Å². The Kier molecular flexibility index (Phi) is 5.43. The molecule has 2 rings (SSSR count). The highest BCUT2D eigenvalue weighted by molar-refractivity contribution is 8.16. The SMILES string of the molecule is COC(=O)[C@@](C#N)(SC(=O)c1cccs1)C1CCCCC1. The maximum absolute atomic E-state index is 12.4. The van der Waals surface area contributed by atoms with Gasteiger partial charge in [0.1, 0.15) is 0 Å². The molecule has 1 heterocycles. The minimum atomic E-state index is -1.42. The van der Waals surface area contributed by atoms with Crippen LogP contribution in [0.1, 0.15) is 41.8 Å². The first kappa shape index (κ1) is 16.1. The van der Waals surface area contributed by atoms with Crippen molar-refractivity contribution in [3.05, 3.63) is 22.4 Å². The second-order valence-corrected chi connectivity index (χ2v) is 7.21. The highest BCUT2D eigenvalue weighted by Crippen LogP contribution is 2.43. The lowest BCUT2D eigenvalue weighted by atomic mass is 9.80. The molecule has 0 bridgehead atoms. The highest BCUT2D eigenvalue weighted by Gasteiger charge is 2.50. The van der Waals surface area contributed by atoms with Gasteiger partial charge in [-0.2, -0.15) is 5.26 Å². The highest BCUT2D eigenvalue weighted by atomic mass is 32.2. The van der Waals surface area contributed by atoms with E-state index in [1.165, 1.54) is 18.4 Å². The number of ether oxygens (including phenoxy) is 1. The quantitative estimate of drug-likeness (QED) is 0.791. The molecular formula is C15H17NO3S2. The molecule has 1 aromatic heterocycles. The normalized spacial score (nSPS) is 18.5. The van der Waals surface area contributed by atoms with E-state index < -0.39 is 10.7 Å². The molecule has 1 atom stereocenters. The lowest BCUT2D eigenvalue weighted by molar-refractivity contribution is -0.143. The lowest BCUT2D eigenvalue weighted by Gasteiger charge is -2.33. The van der Waals surface area contributed by atoms with Crippen molar-refractivity contribution in [3.63, 3.8) is 0 Å². The van der Waals surface area contributed by atoms with Crippen molar-refractivity contribution < 1.29 is 14.3 Å². The monoisotopic (exact) mass is 323 g/mol. The molecule has 1 aliphatic carbocycles. The molecule has 1 saturated carbocycles. The van der Waals surface area contributed by atoms with E-state index in [-0.39, 0.29) is 11.0 Å². The predicted octanol–water partition coefficient (Wildman–Crippen LogP) is 3.64. The average Bonchev–Trinajstić information content (AvgIpc) is 3.07. The summed E-state index contributed by atoms with van der Waals surface area (Å²) in [6.07, 6.45) is 4.65. The van der Waals surface area contributed by atoms with E-state index in [2.05, 4.69) is 6.07 Å². The van der Waals surface area contributed by atoms with Gasteiger partial charge in [-0.1, -0.05) is 25.3 Å².